The summed E-state index contributed by atoms with van der Waals surface area (Å²) < 4.78 is 6.41. The Balaban J connectivity index is 3.33. The van der Waals surface area contributed by atoms with Gasteiger partial charge in [-0.05, 0) is 36.6 Å². The summed E-state index contributed by atoms with van der Waals surface area (Å²) in [6.45, 7) is 4.83. The van der Waals surface area contributed by atoms with Crippen LogP contribution in [0.5, 0.6) is 5.75 Å². The van der Waals surface area contributed by atoms with Crippen molar-refractivity contribution >= 4 is 22.0 Å². The highest BCUT2D eigenvalue weighted by atomic mass is 79.9. The van der Waals surface area contributed by atoms with Crippen molar-refractivity contribution in [2.75, 3.05) is 13.7 Å². The molecule has 0 aliphatic heterocycles. The maximum atomic E-state index is 10.6. The average molecular weight is 354 g/mol. The summed E-state index contributed by atoms with van der Waals surface area (Å²) in [6, 6.07) is 6.01. The second-order valence-electron chi connectivity index (χ2n) is 5.39. The van der Waals surface area contributed by atoms with Crippen LogP contribution in [-0.2, 0) is 10.2 Å². The zero-order chi connectivity index (χ0) is 15.7. The number of halogens is 1. The van der Waals surface area contributed by atoms with Crippen molar-refractivity contribution in [2.24, 2.45) is 4.99 Å². The standard InChI is InChI=1S/C17H24BrNO2/c1-4-6-10-17(9-5-2,12-19-13-20)15-11-14(21-3)7-8-16(15)18/h7-8,11H,4-6,9-10,12H2,1-3H3. The van der Waals surface area contributed by atoms with Crippen LogP contribution in [-0.4, -0.2) is 19.7 Å². The topological polar surface area (TPSA) is 38.7 Å². The Morgan fingerprint density at radius 1 is 1.29 bits per heavy atom. The number of hydrogen-bond acceptors (Lipinski definition) is 3. The van der Waals surface area contributed by atoms with Gasteiger partial charge in [0.05, 0.1) is 13.7 Å². The van der Waals surface area contributed by atoms with E-state index in [2.05, 4.69) is 40.8 Å². The van der Waals surface area contributed by atoms with E-state index in [1.165, 1.54) is 5.56 Å². The lowest BCUT2D eigenvalue weighted by Crippen LogP contribution is -2.30. The molecule has 21 heavy (non-hydrogen) atoms. The van der Waals surface area contributed by atoms with E-state index in [9.17, 15) is 4.79 Å². The molecule has 0 saturated heterocycles. The Bertz CT molecular complexity index is 498. The van der Waals surface area contributed by atoms with Gasteiger partial charge in [-0.1, -0.05) is 49.0 Å². The van der Waals surface area contributed by atoms with Gasteiger partial charge in [-0.25, -0.2) is 9.79 Å². The van der Waals surface area contributed by atoms with Crippen LogP contribution in [0.1, 0.15) is 51.5 Å². The predicted octanol–water partition coefficient (Wildman–Crippen LogP) is 5.02. The number of benzene rings is 1. The molecular weight excluding hydrogens is 330 g/mol. The lowest BCUT2D eigenvalue weighted by molar-refractivity contribution is 0.353. The Kier molecular flexibility index (Phi) is 7.69. The molecule has 0 radical (unpaired) electrons. The predicted molar refractivity (Wildman–Crippen MR) is 89.8 cm³/mol. The molecule has 1 atom stereocenters. The van der Waals surface area contributed by atoms with Gasteiger partial charge in [-0.3, -0.25) is 0 Å². The van der Waals surface area contributed by atoms with E-state index in [1.807, 2.05) is 12.1 Å². The van der Waals surface area contributed by atoms with Crippen molar-refractivity contribution in [3.8, 4) is 5.75 Å². The molecule has 3 nitrogen and oxygen atoms in total. The van der Waals surface area contributed by atoms with Crippen LogP contribution in [0.15, 0.2) is 27.7 Å². The Hall–Kier alpha value is -1.12. The molecule has 0 aliphatic rings. The fourth-order valence-corrected chi connectivity index (χ4v) is 3.52. The number of rotatable bonds is 9. The van der Waals surface area contributed by atoms with E-state index in [0.29, 0.717) is 6.54 Å². The van der Waals surface area contributed by atoms with Crippen molar-refractivity contribution in [1.29, 1.82) is 0 Å². The molecule has 0 spiro atoms. The zero-order valence-corrected chi connectivity index (χ0v) is 14.7. The minimum absolute atomic E-state index is 0.129. The van der Waals surface area contributed by atoms with E-state index in [-0.39, 0.29) is 5.41 Å². The van der Waals surface area contributed by atoms with E-state index < -0.39 is 0 Å². The monoisotopic (exact) mass is 353 g/mol. The van der Waals surface area contributed by atoms with E-state index in [1.54, 1.807) is 13.2 Å². The number of methoxy groups -OCH3 is 1. The highest BCUT2D eigenvalue weighted by Crippen LogP contribution is 2.40. The van der Waals surface area contributed by atoms with Gasteiger partial charge < -0.3 is 4.74 Å². The van der Waals surface area contributed by atoms with Gasteiger partial charge in [0.15, 0.2) is 0 Å². The summed E-state index contributed by atoms with van der Waals surface area (Å²) >= 11 is 3.65. The molecule has 1 unspecified atom stereocenters. The van der Waals surface area contributed by atoms with Crippen molar-refractivity contribution in [3.05, 3.63) is 28.2 Å². The minimum atomic E-state index is -0.129. The largest absolute Gasteiger partial charge is 0.497 e. The number of aliphatic imine (C=N–C) groups is 1. The molecule has 0 saturated carbocycles. The van der Waals surface area contributed by atoms with Crippen LogP contribution in [0.4, 0.5) is 0 Å². The van der Waals surface area contributed by atoms with Gasteiger partial charge in [0.2, 0.25) is 6.08 Å². The Labute approximate surface area is 135 Å². The molecule has 0 fully saturated rings. The zero-order valence-electron chi connectivity index (χ0n) is 13.1. The maximum absolute atomic E-state index is 10.6. The molecule has 0 aliphatic carbocycles. The number of unbranched alkanes of at least 4 members (excludes halogenated alkanes) is 1. The van der Waals surface area contributed by atoms with Crippen LogP contribution in [0.3, 0.4) is 0 Å². The molecule has 116 valence electrons. The molecule has 4 heteroatoms. The number of nitrogens with zero attached hydrogens (tertiary/aromatic N) is 1. The summed E-state index contributed by atoms with van der Waals surface area (Å²) in [4.78, 5) is 14.6. The van der Waals surface area contributed by atoms with Crippen LogP contribution in [0.2, 0.25) is 0 Å². The third kappa shape index (κ3) is 4.69. The fraction of sp³-hybridized carbons (Fsp3) is 0.588. The number of ether oxygens (including phenoxy) is 1. The van der Waals surface area contributed by atoms with Crippen molar-refractivity contribution < 1.29 is 9.53 Å². The summed E-state index contributed by atoms with van der Waals surface area (Å²) in [5, 5.41) is 0. The summed E-state index contributed by atoms with van der Waals surface area (Å²) in [5.41, 5.74) is 1.05. The number of isocyanates is 1. The quantitative estimate of drug-likeness (QED) is 0.461. The van der Waals surface area contributed by atoms with Gasteiger partial charge in [0, 0.05) is 9.89 Å². The van der Waals surface area contributed by atoms with E-state index in [4.69, 9.17) is 4.74 Å². The Morgan fingerprint density at radius 3 is 2.62 bits per heavy atom. The van der Waals surface area contributed by atoms with E-state index >= 15 is 0 Å². The molecule has 0 N–H and O–H groups in total. The van der Waals surface area contributed by atoms with Crippen molar-refractivity contribution in [2.45, 2.75) is 51.4 Å². The molecule has 0 aromatic heterocycles. The average Bonchev–Trinajstić information content (AvgIpc) is 2.51. The molecule has 1 aromatic carbocycles. The number of carbonyl (C=O) groups excluding carboxylic acids is 1. The first kappa shape index (κ1) is 17.9. The van der Waals surface area contributed by atoms with Gasteiger partial charge in [-0.15, -0.1) is 0 Å². The van der Waals surface area contributed by atoms with Gasteiger partial charge in [0.1, 0.15) is 5.75 Å². The molecule has 0 amide bonds. The third-order valence-electron chi connectivity index (χ3n) is 3.93. The number of hydrogen-bond donors (Lipinski definition) is 0. The van der Waals surface area contributed by atoms with Crippen LogP contribution < -0.4 is 4.74 Å². The summed E-state index contributed by atoms with van der Waals surface area (Å²) in [7, 11) is 1.67. The second kappa shape index (κ2) is 9.01. The SMILES string of the molecule is CCCCC(CCC)(CN=C=O)c1cc(OC)ccc1Br. The molecular formula is C17H24BrNO2. The normalized spacial score (nSPS) is 13.3. The van der Waals surface area contributed by atoms with E-state index in [0.717, 1.165) is 42.3 Å². The lowest BCUT2D eigenvalue weighted by atomic mass is 9.73. The maximum Gasteiger partial charge on any atom is 0.234 e. The van der Waals surface area contributed by atoms with Crippen molar-refractivity contribution in [3.63, 3.8) is 0 Å². The second-order valence-corrected chi connectivity index (χ2v) is 6.24. The van der Waals surface area contributed by atoms with Crippen LogP contribution in [0.25, 0.3) is 0 Å². The smallest absolute Gasteiger partial charge is 0.234 e. The minimum Gasteiger partial charge on any atom is -0.497 e. The highest BCUT2D eigenvalue weighted by molar-refractivity contribution is 9.10. The van der Waals surface area contributed by atoms with Crippen molar-refractivity contribution in [1.82, 2.24) is 0 Å². The molecule has 1 rings (SSSR count). The molecule has 1 aromatic rings. The highest BCUT2D eigenvalue weighted by Gasteiger charge is 2.33. The fourth-order valence-electron chi connectivity index (χ4n) is 2.85. The first-order valence-electron chi connectivity index (χ1n) is 7.51. The summed E-state index contributed by atoms with van der Waals surface area (Å²) in [5.74, 6) is 0.834. The van der Waals surface area contributed by atoms with Gasteiger partial charge in [0.25, 0.3) is 0 Å². The Morgan fingerprint density at radius 2 is 2.05 bits per heavy atom. The molecule has 0 bridgehead atoms. The first-order valence-corrected chi connectivity index (χ1v) is 8.30. The van der Waals surface area contributed by atoms with Crippen LogP contribution in [0, 0.1) is 0 Å². The summed E-state index contributed by atoms with van der Waals surface area (Å²) in [6.07, 6.45) is 6.98. The first-order chi connectivity index (χ1) is 10.1. The van der Waals surface area contributed by atoms with Gasteiger partial charge in [-0.2, -0.15) is 0 Å². The van der Waals surface area contributed by atoms with Crippen LogP contribution >= 0.6 is 15.9 Å². The van der Waals surface area contributed by atoms with Gasteiger partial charge >= 0.3 is 0 Å². The lowest BCUT2D eigenvalue weighted by Gasteiger charge is -2.33. The third-order valence-corrected chi connectivity index (χ3v) is 4.62. The molecule has 0 heterocycles.